The molecule has 2 aromatic heterocycles. The molecule has 28 heavy (non-hydrogen) atoms. The lowest BCUT2D eigenvalue weighted by molar-refractivity contribution is 0.102. The van der Waals surface area contributed by atoms with Crippen molar-refractivity contribution in [1.82, 2.24) is 9.78 Å². The van der Waals surface area contributed by atoms with E-state index < -0.39 is 23.2 Å². The molecule has 142 valence electrons. The molecule has 0 saturated heterocycles. The molecule has 0 spiro atoms. The van der Waals surface area contributed by atoms with Crippen molar-refractivity contribution in [2.45, 2.75) is 13.5 Å². The second-order valence-corrected chi connectivity index (χ2v) is 7.72. The zero-order chi connectivity index (χ0) is 19.8. The lowest BCUT2D eigenvalue weighted by Gasteiger charge is -2.06. The molecule has 0 aliphatic rings. The predicted molar refractivity (Wildman–Crippen MR) is 107 cm³/mol. The van der Waals surface area contributed by atoms with E-state index in [1.807, 2.05) is 19.1 Å². The number of hydrogen-bond acceptors (Lipinski definition) is 3. The Morgan fingerprint density at radius 2 is 1.86 bits per heavy atom. The normalized spacial score (nSPS) is 11.1. The largest absolute Gasteiger partial charge is 0.316 e. The van der Waals surface area contributed by atoms with Crippen molar-refractivity contribution in [2.24, 2.45) is 0 Å². The van der Waals surface area contributed by atoms with Gasteiger partial charge in [-0.15, -0.1) is 11.3 Å². The predicted octanol–water partition coefficient (Wildman–Crippen LogP) is 5.64. The molecule has 2 aromatic carbocycles. The highest BCUT2D eigenvalue weighted by Gasteiger charge is 2.19. The number of benzene rings is 2. The fourth-order valence-corrected chi connectivity index (χ4v) is 4.07. The van der Waals surface area contributed by atoms with Gasteiger partial charge in [-0.1, -0.05) is 29.8 Å². The molecule has 0 bridgehead atoms. The van der Waals surface area contributed by atoms with E-state index in [0.717, 1.165) is 33.6 Å². The van der Waals surface area contributed by atoms with Crippen LogP contribution in [0, 0.1) is 18.6 Å². The zero-order valence-electron chi connectivity index (χ0n) is 14.7. The van der Waals surface area contributed by atoms with Gasteiger partial charge in [-0.3, -0.25) is 9.48 Å². The van der Waals surface area contributed by atoms with Crippen molar-refractivity contribution in [3.63, 3.8) is 0 Å². The highest BCUT2D eigenvalue weighted by Crippen LogP contribution is 2.30. The fraction of sp³-hybridized carbons (Fsp3) is 0.100. The molecule has 1 amide bonds. The number of anilines is 1. The molecular weight excluding hydrogens is 404 g/mol. The average Bonchev–Trinajstić information content (AvgIpc) is 3.22. The standard InChI is InChI=1S/C20H14ClF2N3OS/c1-11-14-9-17(19(27)24-18-15(22)3-2-4-16(18)23)28-20(14)26(25-11)10-12-5-7-13(21)8-6-12/h2-9H,10H2,1H3,(H,24,27). The Bertz CT molecular complexity index is 1160. The van der Waals surface area contributed by atoms with Crippen LogP contribution in [0.4, 0.5) is 14.5 Å². The van der Waals surface area contributed by atoms with Crippen LogP contribution < -0.4 is 5.32 Å². The summed E-state index contributed by atoms with van der Waals surface area (Å²) in [5.74, 6) is -2.21. The summed E-state index contributed by atoms with van der Waals surface area (Å²) < 4.78 is 29.4. The number of hydrogen-bond donors (Lipinski definition) is 1. The van der Waals surface area contributed by atoms with Crippen molar-refractivity contribution < 1.29 is 13.6 Å². The summed E-state index contributed by atoms with van der Waals surface area (Å²) in [6.07, 6.45) is 0. The maximum atomic E-state index is 13.8. The smallest absolute Gasteiger partial charge is 0.265 e. The van der Waals surface area contributed by atoms with Gasteiger partial charge in [-0.25, -0.2) is 8.78 Å². The lowest BCUT2D eigenvalue weighted by atomic mass is 10.2. The van der Waals surface area contributed by atoms with Gasteiger partial charge >= 0.3 is 0 Å². The van der Waals surface area contributed by atoms with Crippen LogP contribution in [0.15, 0.2) is 48.5 Å². The van der Waals surface area contributed by atoms with Gasteiger partial charge in [-0.05, 0) is 42.8 Å². The van der Waals surface area contributed by atoms with Crippen LogP contribution in [0.5, 0.6) is 0 Å². The zero-order valence-corrected chi connectivity index (χ0v) is 16.2. The Morgan fingerprint density at radius 1 is 1.18 bits per heavy atom. The van der Waals surface area contributed by atoms with E-state index in [1.165, 1.54) is 17.4 Å². The van der Waals surface area contributed by atoms with Gasteiger partial charge in [0.15, 0.2) is 0 Å². The first-order valence-electron chi connectivity index (χ1n) is 8.39. The quantitative estimate of drug-likeness (QED) is 0.467. The summed E-state index contributed by atoms with van der Waals surface area (Å²) >= 11 is 7.15. The van der Waals surface area contributed by atoms with Gasteiger partial charge in [0, 0.05) is 10.4 Å². The number of carbonyl (C=O) groups is 1. The van der Waals surface area contributed by atoms with Gasteiger partial charge in [0.05, 0.1) is 17.1 Å². The minimum Gasteiger partial charge on any atom is -0.316 e. The van der Waals surface area contributed by atoms with Crippen LogP contribution in [0.2, 0.25) is 5.02 Å². The molecule has 0 radical (unpaired) electrons. The second kappa shape index (κ2) is 7.33. The number of thiophene rings is 1. The van der Waals surface area contributed by atoms with Crippen molar-refractivity contribution in [1.29, 1.82) is 0 Å². The fourth-order valence-electron chi connectivity index (χ4n) is 2.89. The Morgan fingerprint density at radius 3 is 2.54 bits per heavy atom. The molecule has 4 nitrogen and oxygen atoms in total. The summed E-state index contributed by atoms with van der Waals surface area (Å²) in [6.45, 7) is 2.37. The van der Waals surface area contributed by atoms with E-state index in [-0.39, 0.29) is 0 Å². The molecule has 0 unspecified atom stereocenters. The molecule has 0 aliphatic carbocycles. The van der Waals surface area contributed by atoms with Crippen LogP contribution in [-0.2, 0) is 6.54 Å². The first kappa shape index (κ1) is 18.6. The third-order valence-electron chi connectivity index (χ3n) is 4.28. The van der Waals surface area contributed by atoms with Gasteiger partial charge in [0.25, 0.3) is 5.91 Å². The van der Waals surface area contributed by atoms with Gasteiger partial charge in [-0.2, -0.15) is 5.10 Å². The first-order chi connectivity index (χ1) is 13.4. The maximum Gasteiger partial charge on any atom is 0.265 e. The lowest BCUT2D eigenvalue weighted by Crippen LogP contribution is -2.13. The molecule has 8 heteroatoms. The van der Waals surface area contributed by atoms with Crippen LogP contribution in [-0.4, -0.2) is 15.7 Å². The number of aromatic nitrogens is 2. The van der Waals surface area contributed by atoms with Gasteiger partial charge in [0.1, 0.15) is 22.2 Å². The molecule has 1 N–H and O–H groups in total. The second-order valence-electron chi connectivity index (χ2n) is 6.25. The number of halogens is 3. The molecule has 4 aromatic rings. The van der Waals surface area contributed by atoms with Crippen LogP contribution >= 0.6 is 22.9 Å². The number of para-hydroxylation sites is 1. The summed E-state index contributed by atoms with van der Waals surface area (Å²) in [5, 5.41) is 8.33. The van der Waals surface area contributed by atoms with E-state index >= 15 is 0 Å². The van der Waals surface area contributed by atoms with E-state index in [2.05, 4.69) is 10.4 Å². The molecular formula is C20H14ClF2N3OS. The monoisotopic (exact) mass is 417 g/mol. The minimum absolute atomic E-state index is 0.350. The van der Waals surface area contributed by atoms with Crippen molar-refractivity contribution in [2.75, 3.05) is 5.32 Å². The number of rotatable bonds is 4. The molecule has 0 fully saturated rings. The summed E-state index contributed by atoms with van der Waals surface area (Å²) in [7, 11) is 0. The Balaban J connectivity index is 1.64. The van der Waals surface area contributed by atoms with E-state index in [4.69, 9.17) is 11.6 Å². The number of amides is 1. The molecule has 0 saturated carbocycles. The topological polar surface area (TPSA) is 46.9 Å². The van der Waals surface area contributed by atoms with E-state index in [0.29, 0.717) is 16.4 Å². The third-order valence-corrected chi connectivity index (χ3v) is 5.68. The Labute approximate surface area is 168 Å². The van der Waals surface area contributed by atoms with E-state index in [1.54, 1.807) is 22.9 Å². The summed E-state index contributed by atoms with van der Waals surface area (Å²) in [6, 6.07) is 12.6. The van der Waals surface area contributed by atoms with Crippen LogP contribution in [0.25, 0.3) is 10.2 Å². The minimum atomic E-state index is -0.820. The SMILES string of the molecule is Cc1nn(Cc2ccc(Cl)cc2)c2sc(C(=O)Nc3c(F)cccc3F)cc12. The molecule has 4 rings (SSSR count). The van der Waals surface area contributed by atoms with Gasteiger partial charge < -0.3 is 5.32 Å². The van der Waals surface area contributed by atoms with Gasteiger partial charge in [0.2, 0.25) is 0 Å². The Hall–Kier alpha value is -2.77. The number of fused-ring (bicyclic) bond motifs is 1. The molecule has 0 atom stereocenters. The highest BCUT2D eigenvalue weighted by molar-refractivity contribution is 7.20. The number of aryl methyl sites for hydroxylation is 1. The first-order valence-corrected chi connectivity index (χ1v) is 9.58. The van der Waals surface area contributed by atoms with Crippen molar-refractivity contribution in [3.8, 4) is 0 Å². The number of nitrogens with zero attached hydrogens (tertiary/aromatic N) is 2. The Kier molecular flexibility index (Phi) is 4.87. The van der Waals surface area contributed by atoms with Crippen molar-refractivity contribution in [3.05, 3.63) is 81.3 Å². The summed E-state index contributed by atoms with van der Waals surface area (Å²) in [5.41, 5.74) is 1.34. The highest BCUT2D eigenvalue weighted by atomic mass is 35.5. The van der Waals surface area contributed by atoms with Crippen molar-refractivity contribution >= 4 is 44.7 Å². The van der Waals surface area contributed by atoms with Crippen LogP contribution in [0.3, 0.4) is 0 Å². The number of carbonyl (C=O) groups excluding carboxylic acids is 1. The number of nitrogens with one attached hydrogen (secondary N) is 1. The maximum absolute atomic E-state index is 13.8. The molecule has 0 aliphatic heterocycles. The molecule has 2 heterocycles. The van der Waals surface area contributed by atoms with E-state index in [9.17, 15) is 13.6 Å². The average molecular weight is 418 g/mol. The van der Waals surface area contributed by atoms with Crippen LogP contribution in [0.1, 0.15) is 20.9 Å². The third kappa shape index (κ3) is 3.50. The summed E-state index contributed by atoms with van der Waals surface area (Å²) in [4.78, 5) is 13.7.